The van der Waals surface area contributed by atoms with Crippen LogP contribution in [0.4, 0.5) is 0 Å². The van der Waals surface area contributed by atoms with Gasteiger partial charge in [-0.25, -0.2) is 14.6 Å². The first-order chi connectivity index (χ1) is 15.2. The quantitative estimate of drug-likeness (QED) is 0.558. The number of methoxy groups -OCH3 is 1. The molecule has 0 unspecified atom stereocenters. The Labute approximate surface area is 179 Å². The fourth-order valence-corrected chi connectivity index (χ4v) is 3.62. The molecule has 2 aliphatic rings. The molecular formula is C22H23N5O4. The summed E-state index contributed by atoms with van der Waals surface area (Å²) in [4.78, 5) is 21.9. The van der Waals surface area contributed by atoms with Gasteiger partial charge in [0, 0.05) is 37.9 Å². The lowest BCUT2D eigenvalue weighted by Gasteiger charge is -2.09. The highest BCUT2D eigenvalue weighted by molar-refractivity contribution is 5.95. The molecule has 0 radical (unpaired) electrons. The molecule has 9 nitrogen and oxygen atoms in total. The van der Waals surface area contributed by atoms with Crippen LogP contribution in [0.25, 0.3) is 17.2 Å². The average Bonchev–Trinajstić information content (AvgIpc) is 3.36. The smallest absolute Gasteiger partial charge is 0.254 e. The van der Waals surface area contributed by atoms with Crippen molar-refractivity contribution in [3.8, 4) is 28.7 Å². The average molecular weight is 421 g/mol. The third-order valence-corrected chi connectivity index (χ3v) is 5.33. The van der Waals surface area contributed by atoms with Gasteiger partial charge in [-0.05, 0) is 43.5 Å². The minimum Gasteiger partial charge on any atom is -0.454 e. The van der Waals surface area contributed by atoms with E-state index in [-0.39, 0.29) is 12.7 Å². The molecule has 1 aliphatic heterocycles. The van der Waals surface area contributed by atoms with Crippen LogP contribution in [0.15, 0.2) is 36.7 Å². The molecule has 31 heavy (non-hydrogen) atoms. The lowest BCUT2D eigenvalue weighted by molar-refractivity contribution is 0.0947. The number of rotatable bonds is 8. The minimum atomic E-state index is -0.129. The molecular weight excluding hydrogens is 398 g/mol. The largest absolute Gasteiger partial charge is 0.454 e. The van der Waals surface area contributed by atoms with Gasteiger partial charge in [0.05, 0.1) is 23.1 Å². The molecule has 1 amide bonds. The summed E-state index contributed by atoms with van der Waals surface area (Å²) in [5, 5.41) is 7.41. The van der Waals surface area contributed by atoms with Gasteiger partial charge < -0.3 is 19.5 Å². The van der Waals surface area contributed by atoms with Crippen LogP contribution in [0, 0.1) is 0 Å². The number of nitrogens with zero attached hydrogens (tertiary/aromatic N) is 4. The van der Waals surface area contributed by atoms with E-state index < -0.39 is 0 Å². The van der Waals surface area contributed by atoms with Crippen molar-refractivity contribution < 1.29 is 19.0 Å². The van der Waals surface area contributed by atoms with E-state index in [0.29, 0.717) is 36.3 Å². The number of fused-ring (bicyclic) bond motifs is 1. The highest BCUT2D eigenvalue weighted by Gasteiger charge is 2.33. The Morgan fingerprint density at radius 2 is 2.13 bits per heavy atom. The minimum absolute atomic E-state index is 0.129. The summed E-state index contributed by atoms with van der Waals surface area (Å²) in [6.45, 7) is 1.38. The summed E-state index contributed by atoms with van der Waals surface area (Å²) in [6.07, 6.45) is 6.12. The van der Waals surface area contributed by atoms with Crippen molar-refractivity contribution in [3.63, 3.8) is 0 Å². The normalized spacial score (nSPS) is 14.6. The molecule has 0 bridgehead atoms. The maximum Gasteiger partial charge on any atom is 0.254 e. The van der Waals surface area contributed by atoms with Gasteiger partial charge in [0.15, 0.2) is 11.5 Å². The second-order valence-electron chi connectivity index (χ2n) is 7.54. The van der Waals surface area contributed by atoms with Crippen molar-refractivity contribution in [2.24, 2.45) is 0 Å². The van der Waals surface area contributed by atoms with Gasteiger partial charge in [-0.1, -0.05) is 0 Å². The van der Waals surface area contributed by atoms with Crippen LogP contribution in [0.2, 0.25) is 0 Å². The Balaban J connectivity index is 1.43. The maximum absolute atomic E-state index is 12.7. The maximum atomic E-state index is 12.7. The Bertz CT molecular complexity index is 1110. The van der Waals surface area contributed by atoms with E-state index in [2.05, 4.69) is 15.4 Å². The monoisotopic (exact) mass is 421 g/mol. The zero-order valence-electron chi connectivity index (χ0n) is 17.2. The number of aromatic nitrogens is 4. The van der Waals surface area contributed by atoms with Gasteiger partial charge in [-0.3, -0.25) is 4.79 Å². The number of hydrogen-bond acceptors (Lipinski definition) is 7. The summed E-state index contributed by atoms with van der Waals surface area (Å²) in [6, 6.07) is 7.54. The van der Waals surface area contributed by atoms with E-state index in [4.69, 9.17) is 19.2 Å². The van der Waals surface area contributed by atoms with Crippen molar-refractivity contribution in [2.45, 2.75) is 25.2 Å². The standard InChI is InChI=1S/C22H23N5O4/c1-29-10-2-8-23-21(28)16-12-25-27(20(16)14-3-4-14)22-24-9-7-17(26-22)15-5-6-18-19(11-15)31-13-30-18/h5-7,9,11-12,14H,2-4,8,10,13H2,1H3,(H,23,28). The van der Waals surface area contributed by atoms with Gasteiger partial charge >= 0.3 is 0 Å². The number of ether oxygens (including phenoxy) is 3. The number of carbonyl (C=O) groups excluding carboxylic acids is 1. The molecule has 1 N–H and O–H groups in total. The van der Waals surface area contributed by atoms with E-state index in [1.165, 1.54) is 0 Å². The van der Waals surface area contributed by atoms with E-state index in [1.54, 1.807) is 24.2 Å². The fraction of sp³-hybridized carbons (Fsp3) is 0.364. The summed E-state index contributed by atoms with van der Waals surface area (Å²) in [7, 11) is 1.65. The van der Waals surface area contributed by atoms with Crippen molar-refractivity contribution in [2.75, 3.05) is 27.1 Å². The van der Waals surface area contributed by atoms with Crippen LogP contribution in [-0.2, 0) is 4.74 Å². The fourth-order valence-electron chi connectivity index (χ4n) is 3.62. The van der Waals surface area contributed by atoms with Gasteiger partial charge in [0.25, 0.3) is 11.9 Å². The third-order valence-electron chi connectivity index (χ3n) is 5.33. The predicted octanol–water partition coefficient (Wildman–Crippen LogP) is 2.70. The van der Waals surface area contributed by atoms with Gasteiger partial charge in [0.1, 0.15) is 0 Å². The van der Waals surface area contributed by atoms with Gasteiger partial charge in [-0.2, -0.15) is 5.10 Å². The number of hydrogen-bond donors (Lipinski definition) is 1. The van der Waals surface area contributed by atoms with Crippen LogP contribution < -0.4 is 14.8 Å². The van der Waals surface area contributed by atoms with Crippen molar-refractivity contribution in [1.29, 1.82) is 0 Å². The molecule has 1 fully saturated rings. The second-order valence-corrected chi connectivity index (χ2v) is 7.54. The first-order valence-corrected chi connectivity index (χ1v) is 10.3. The Kier molecular flexibility index (Phi) is 5.25. The van der Waals surface area contributed by atoms with E-state index >= 15 is 0 Å². The number of nitrogens with one attached hydrogen (secondary N) is 1. The summed E-state index contributed by atoms with van der Waals surface area (Å²) in [5.74, 6) is 2.02. The Morgan fingerprint density at radius 1 is 1.26 bits per heavy atom. The highest BCUT2D eigenvalue weighted by Crippen LogP contribution is 2.42. The number of benzene rings is 1. The molecule has 160 valence electrons. The van der Waals surface area contributed by atoms with Crippen LogP contribution in [-0.4, -0.2) is 52.7 Å². The first-order valence-electron chi connectivity index (χ1n) is 10.3. The molecule has 2 aromatic heterocycles. The molecule has 0 atom stereocenters. The first kappa shape index (κ1) is 19.5. The summed E-state index contributed by atoms with van der Waals surface area (Å²) >= 11 is 0. The lowest BCUT2D eigenvalue weighted by Crippen LogP contribution is -2.26. The number of carbonyl (C=O) groups is 1. The molecule has 0 saturated heterocycles. The van der Waals surface area contributed by atoms with Crippen LogP contribution in [0.3, 0.4) is 0 Å². The Hall–Kier alpha value is -3.46. The number of amides is 1. The zero-order chi connectivity index (χ0) is 21.2. The molecule has 1 saturated carbocycles. The Morgan fingerprint density at radius 3 is 2.97 bits per heavy atom. The van der Waals surface area contributed by atoms with Gasteiger partial charge in [0.2, 0.25) is 6.79 Å². The highest BCUT2D eigenvalue weighted by atomic mass is 16.7. The van der Waals surface area contributed by atoms with E-state index in [0.717, 1.165) is 42.0 Å². The summed E-state index contributed by atoms with van der Waals surface area (Å²) in [5.41, 5.74) is 3.08. The molecule has 0 spiro atoms. The molecule has 1 aliphatic carbocycles. The molecule has 5 rings (SSSR count). The van der Waals surface area contributed by atoms with Crippen molar-refractivity contribution in [3.05, 3.63) is 47.9 Å². The molecule has 9 heteroatoms. The molecule has 1 aromatic carbocycles. The van der Waals surface area contributed by atoms with Crippen LogP contribution >= 0.6 is 0 Å². The molecule has 3 aromatic rings. The van der Waals surface area contributed by atoms with Crippen LogP contribution in [0.1, 0.15) is 41.2 Å². The zero-order valence-corrected chi connectivity index (χ0v) is 17.2. The van der Waals surface area contributed by atoms with E-state index in [9.17, 15) is 4.79 Å². The van der Waals surface area contributed by atoms with E-state index in [1.807, 2.05) is 24.3 Å². The third kappa shape index (κ3) is 3.96. The second kappa shape index (κ2) is 8.35. The lowest BCUT2D eigenvalue weighted by atomic mass is 10.1. The van der Waals surface area contributed by atoms with Crippen molar-refractivity contribution >= 4 is 5.91 Å². The SMILES string of the molecule is COCCCNC(=O)c1cnn(-c2nccc(-c3ccc4c(c3)OCO4)n2)c1C1CC1. The van der Waals surface area contributed by atoms with Crippen molar-refractivity contribution in [1.82, 2.24) is 25.1 Å². The topological polar surface area (TPSA) is 100 Å². The molecule has 3 heterocycles. The van der Waals surface area contributed by atoms with Crippen LogP contribution in [0.5, 0.6) is 11.5 Å². The van der Waals surface area contributed by atoms with Gasteiger partial charge in [-0.15, -0.1) is 0 Å². The summed E-state index contributed by atoms with van der Waals surface area (Å²) < 4.78 is 17.6. The predicted molar refractivity (Wildman–Crippen MR) is 112 cm³/mol.